The quantitative estimate of drug-likeness (QED) is 0.821. The van der Waals surface area contributed by atoms with Crippen LogP contribution in [0.15, 0.2) is 33.6 Å². The van der Waals surface area contributed by atoms with Gasteiger partial charge < -0.3 is 9.73 Å². The van der Waals surface area contributed by atoms with E-state index in [0.29, 0.717) is 18.7 Å². The summed E-state index contributed by atoms with van der Waals surface area (Å²) in [6.07, 6.45) is 7.04. The molecule has 2 aromatic rings. The van der Waals surface area contributed by atoms with Gasteiger partial charge in [-0.1, -0.05) is 19.3 Å². The van der Waals surface area contributed by atoms with E-state index >= 15 is 0 Å². The first kappa shape index (κ1) is 19.1. The van der Waals surface area contributed by atoms with Crippen LogP contribution in [0.3, 0.4) is 0 Å². The molecule has 2 fully saturated rings. The molecule has 0 bridgehead atoms. The van der Waals surface area contributed by atoms with Crippen LogP contribution in [0.25, 0.3) is 11.5 Å². The number of carbonyl (C=O) groups is 1. The Bertz CT molecular complexity index is 927. The molecule has 28 heavy (non-hydrogen) atoms. The van der Waals surface area contributed by atoms with Crippen LogP contribution in [-0.2, 0) is 10.0 Å². The molecule has 2 heterocycles. The molecule has 1 aliphatic carbocycles. The topological polar surface area (TPSA) is 105 Å². The Kier molecular flexibility index (Phi) is 5.45. The van der Waals surface area contributed by atoms with E-state index in [1.54, 1.807) is 24.3 Å². The number of piperidine rings is 1. The summed E-state index contributed by atoms with van der Waals surface area (Å²) in [5.41, 5.74) is 0.574. The monoisotopic (exact) mass is 404 g/mol. The molecule has 4 rings (SSSR count). The SMILES string of the molecule is O=C(NC1CCCC1)c1nnc(-c2ccc(S(=O)(=O)N3CCCCC3)cc2)o1. The number of hydrogen-bond acceptors (Lipinski definition) is 6. The number of amides is 1. The molecule has 1 aromatic heterocycles. The molecular formula is C19H24N4O4S. The van der Waals surface area contributed by atoms with E-state index in [1.807, 2.05) is 0 Å². The fraction of sp³-hybridized carbons (Fsp3) is 0.526. The van der Waals surface area contributed by atoms with Crippen molar-refractivity contribution in [1.29, 1.82) is 0 Å². The molecule has 1 aromatic carbocycles. The van der Waals surface area contributed by atoms with Gasteiger partial charge in [0.05, 0.1) is 4.90 Å². The number of sulfonamides is 1. The van der Waals surface area contributed by atoms with E-state index in [9.17, 15) is 13.2 Å². The highest BCUT2D eigenvalue weighted by Gasteiger charge is 2.26. The van der Waals surface area contributed by atoms with Crippen molar-refractivity contribution in [3.05, 3.63) is 30.2 Å². The van der Waals surface area contributed by atoms with Gasteiger partial charge >= 0.3 is 11.8 Å². The Morgan fingerprint density at radius 1 is 1.00 bits per heavy atom. The van der Waals surface area contributed by atoms with Crippen molar-refractivity contribution < 1.29 is 17.6 Å². The lowest BCUT2D eigenvalue weighted by Gasteiger charge is -2.25. The van der Waals surface area contributed by atoms with Gasteiger partial charge in [0.15, 0.2) is 0 Å². The van der Waals surface area contributed by atoms with Crippen molar-refractivity contribution >= 4 is 15.9 Å². The van der Waals surface area contributed by atoms with E-state index in [2.05, 4.69) is 15.5 Å². The minimum atomic E-state index is -3.48. The molecule has 150 valence electrons. The van der Waals surface area contributed by atoms with Crippen molar-refractivity contribution in [3.63, 3.8) is 0 Å². The zero-order valence-corrected chi connectivity index (χ0v) is 16.5. The van der Waals surface area contributed by atoms with Crippen molar-refractivity contribution in [2.45, 2.75) is 55.9 Å². The van der Waals surface area contributed by atoms with Crippen LogP contribution in [0.5, 0.6) is 0 Å². The van der Waals surface area contributed by atoms with Gasteiger partial charge in [-0.2, -0.15) is 4.31 Å². The summed E-state index contributed by atoms with van der Waals surface area (Å²) < 4.78 is 32.5. The predicted molar refractivity (Wildman–Crippen MR) is 102 cm³/mol. The molecule has 2 aliphatic rings. The Morgan fingerprint density at radius 3 is 2.36 bits per heavy atom. The second-order valence-corrected chi connectivity index (χ2v) is 9.29. The van der Waals surface area contributed by atoms with Gasteiger partial charge in [-0.25, -0.2) is 8.42 Å². The fourth-order valence-corrected chi connectivity index (χ4v) is 5.29. The molecule has 0 spiro atoms. The lowest BCUT2D eigenvalue weighted by molar-refractivity contribution is 0.0903. The first-order chi connectivity index (χ1) is 13.5. The van der Waals surface area contributed by atoms with E-state index in [0.717, 1.165) is 44.9 Å². The molecule has 8 nitrogen and oxygen atoms in total. The van der Waals surface area contributed by atoms with Crippen LogP contribution in [-0.4, -0.2) is 48.0 Å². The number of aromatic nitrogens is 2. The molecule has 1 N–H and O–H groups in total. The smallest absolute Gasteiger partial charge is 0.309 e. The number of nitrogens with one attached hydrogen (secondary N) is 1. The van der Waals surface area contributed by atoms with Crippen LogP contribution in [0.2, 0.25) is 0 Å². The van der Waals surface area contributed by atoms with Gasteiger partial charge in [0.2, 0.25) is 15.9 Å². The van der Waals surface area contributed by atoms with E-state index < -0.39 is 10.0 Å². The van der Waals surface area contributed by atoms with E-state index in [1.165, 1.54) is 4.31 Å². The number of rotatable bonds is 5. The van der Waals surface area contributed by atoms with E-state index in [-0.39, 0.29) is 28.6 Å². The maximum Gasteiger partial charge on any atom is 0.309 e. The number of benzene rings is 1. The lowest BCUT2D eigenvalue weighted by atomic mass is 10.2. The van der Waals surface area contributed by atoms with Gasteiger partial charge in [0.1, 0.15) is 0 Å². The first-order valence-electron chi connectivity index (χ1n) is 9.79. The van der Waals surface area contributed by atoms with Crippen LogP contribution in [0.4, 0.5) is 0 Å². The van der Waals surface area contributed by atoms with E-state index in [4.69, 9.17) is 4.42 Å². The molecule has 0 atom stereocenters. The maximum atomic E-state index is 12.7. The summed E-state index contributed by atoms with van der Waals surface area (Å²) in [4.78, 5) is 12.5. The molecular weight excluding hydrogens is 380 g/mol. The number of carbonyl (C=O) groups excluding carboxylic acids is 1. The van der Waals surface area contributed by atoms with Gasteiger partial charge in [0.25, 0.3) is 0 Å². The molecule has 1 saturated heterocycles. The first-order valence-corrected chi connectivity index (χ1v) is 11.2. The van der Waals surface area contributed by atoms with Gasteiger partial charge in [0, 0.05) is 24.7 Å². The zero-order chi connectivity index (χ0) is 19.6. The van der Waals surface area contributed by atoms with Crippen molar-refractivity contribution in [3.8, 4) is 11.5 Å². The third-order valence-corrected chi connectivity index (χ3v) is 7.28. The Morgan fingerprint density at radius 2 is 1.68 bits per heavy atom. The summed E-state index contributed by atoms with van der Waals surface area (Å²) in [7, 11) is -3.48. The maximum absolute atomic E-state index is 12.7. The standard InChI is InChI=1S/C19H24N4O4S/c24-17(20-15-6-2-3-7-15)19-22-21-18(27-19)14-8-10-16(11-9-14)28(25,26)23-12-4-1-5-13-23/h8-11,15H,1-7,12-13H2,(H,20,24). The molecule has 1 aliphatic heterocycles. The molecule has 1 saturated carbocycles. The lowest BCUT2D eigenvalue weighted by Crippen LogP contribution is -2.35. The fourth-order valence-electron chi connectivity index (χ4n) is 3.77. The minimum Gasteiger partial charge on any atom is -0.412 e. The summed E-state index contributed by atoms with van der Waals surface area (Å²) in [5, 5.41) is 10.7. The summed E-state index contributed by atoms with van der Waals surface area (Å²) in [5.74, 6) is -0.250. The highest BCUT2D eigenvalue weighted by molar-refractivity contribution is 7.89. The average molecular weight is 404 g/mol. The Labute approximate surface area is 164 Å². The summed E-state index contributed by atoms with van der Waals surface area (Å²) in [6, 6.07) is 6.51. The number of nitrogens with zero attached hydrogens (tertiary/aromatic N) is 3. The third kappa shape index (κ3) is 3.95. The second-order valence-electron chi connectivity index (χ2n) is 7.36. The Balaban J connectivity index is 1.47. The Hall–Kier alpha value is -2.26. The van der Waals surface area contributed by atoms with Crippen molar-refractivity contribution in [2.75, 3.05) is 13.1 Å². The highest BCUT2D eigenvalue weighted by atomic mass is 32.2. The average Bonchev–Trinajstić information content (AvgIpc) is 3.41. The van der Waals surface area contributed by atoms with Gasteiger partial charge in [-0.05, 0) is 49.9 Å². The van der Waals surface area contributed by atoms with Crippen LogP contribution in [0.1, 0.15) is 55.6 Å². The second kappa shape index (κ2) is 8.00. The van der Waals surface area contributed by atoms with Gasteiger partial charge in [-0.15, -0.1) is 10.2 Å². The predicted octanol–water partition coefficient (Wildman–Crippen LogP) is 2.58. The molecule has 0 radical (unpaired) electrons. The van der Waals surface area contributed by atoms with Crippen LogP contribution >= 0.6 is 0 Å². The van der Waals surface area contributed by atoms with Crippen molar-refractivity contribution in [1.82, 2.24) is 19.8 Å². The van der Waals surface area contributed by atoms with Crippen molar-refractivity contribution in [2.24, 2.45) is 0 Å². The summed E-state index contributed by atoms with van der Waals surface area (Å²) >= 11 is 0. The summed E-state index contributed by atoms with van der Waals surface area (Å²) in [6.45, 7) is 1.13. The molecule has 1 amide bonds. The van der Waals surface area contributed by atoms with Crippen LogP contribution in [0, 0.1) is 0 Å². The minimum absolute atomic E-state index is 0.0769. The van der Waals surface area contributed by atoms with Gasteiger partial charge in [-0.3, -0.25) is 4.79 Å². The largest absolute Gasteiger partial charge is 0.412 e. The molecule has 9 heteroatoms. The third-order valence-electron chi connectivity index (χ3n) is 5.36. The normalized spacial score (nSPS) is 19.0. The highest BCUT2D eigenvalue weighted by Crippen LogP contribution is 2.24. The molecule has 0 unspecified atom stereocenters. The number of hydrogen-bond donors (Lipinski definition) is 1. The van der Waals surface area contributed by atoms with Crippen LogP contribution < -0.4 is 5.32 Å². The zero-order valence-electron chi connectivity index (χ0n) is 15.6.